The van der Waals surface area contributed by atoms with Gasteiger partial charge in [0.1, 0.15) is 11.4 Å². The number of epoxide rings is 1. The summed E-state index contributed by atoms with van der Waals surface area (Å²) >= 11 is 0. The third-order valence-corrected chi connectivity index (χ3v) is 6.80. The van der Waals surface area contributed by atoms with Gasteiger partial charge in [0.2, 0.25) is 17.2 Å². The maximum Gasteiger partial charge on any atom is 0.205 e. The number of aliphatic hydroxyl groups is 4. The second-order valence-electron chi connectivity index (χ2n) is 8.61. The first kappa shape index (κ1) is 17.9. The lowest BCUT2D eigenvalue weighted by atomic mass is 9.49. The van der Waals surface area contributed by atoms with Gasteiger partial charge in [-0.15, -0.1) is 0 Å². The number of phenolic OH excluding ortho intramolecular Hbond substituents is 1. The summed E-state index contributed by atoms with van der Waals surface area (Å²) in [4.78, 5) is 39.4. The van der Waals surface area contributed by atoms with Crippen LogP contribution in [0.15, 0.2) is 18.2 Å². The Hall–Kier alpha value is -2.17. The monoisotopic (exact) mass is 390 g/mol. The number of ether oxygens (including phenoxy) is 1. The molecule has 0 unspecified atom stereocenters. The molecule has 6 atom stereocenters. The summed E-state index contributed by atoms with van der Waals surface area (Å²) in [6.07, 6.45) is -3.05. The standard InChI is InChI=1S/C19H18O9/c1-15(25)5-11(22)19-16(7-15,28-19)6-10(21)17(26)14(24)12-8(3-2-4-9(12)20)13(23)18(17,19)27/h2-4,10,20-21,25-27H,5-7H2,1H3/t10-,15+,16+,17-,18+,19-/m0/s1. The fraction of sp³-hybridized carbons (Fsp3) is 0.526. The Kier molecular flexibility index (Phi) is 2.89. The van der Waals surface area contributed by atoms with Gasteiger partial charge in [-0.3, -0.25) is 14.4 Å². The lowest BCUT2D eigenvalue weighted by Gasteiger charge is -2.54. The molecule has 1 saturated heterocycles. The minimum atomic E-state index is -3.09. The molecule has 4 aliphatic rings. The van der Waals surface area contributed by atoms with Crippen LogP contribution in [0.4, 0.5) is 0 Å². The zero-order chi connectivity index (χ0) is 20.5. The van der Waals surface area contributed by atoms with Gasteiger partial charge in [-0.1, -0.05) is 12.1 Å². The minimum absolute atomic E-state index is 0.171. The number of aliphatic hydroxyl groups excluding tert-OH is 1. The number of rotatable bonds is 0. The van der Waals surface area contributed by atoms with E-state index in [4.69, 9.17) is 4.74 Å². The number of fused-ring (bicyclic) bond motifs is 2. The van der Waals surface area contributed by atoms with Crippen molar-refractivity contribution in [3.63, 3.8) is 0 Å². The molecular formula is C19H18O9. The quantitative estimate of drug-likeness (QED) is 0.336. The van der Waals surface area contributed by atoms with Gasteiger partial charge < -0.3 is 30.3 Å². The smallest absolute Gasteiger partial charge is 0.205 e. The van der Waals surface area contributed by atoms with E-state index in [2.05, 4.69) is 0 Å². The van der Waals surface area contributed by atoms with Gasteiger partial charge in [0.25, 0.3) is 0 Å². The number of ketones is 3. The molecule has 1 aromatic carbocycles. The fourth-order valence-corrected chi connectivity index (χ4v) is 5.72. The first-order chi connectivity index (χ1) is 12.9. The number of phenols is 1. The molecule has 5 rings (SSSR count). The summed E-state index contributed by atoms with van der Waals surface area (Å²) in [6, 6.07) is 3.59. The van der Waals surface area contributed by atoms with Crippen LogP contribution in [-0.2, 0) is 9.53 Å². The highest BCUT2D eigenvalue weighted by Gasteiger charge is 2.95. The second kappa shape index (κ2) is 4.52. The summed E-state index contributed by atoms with van der Waals surface area (Å²) < 4.78 is 5.62. The van der Waals surface area contributed by atoms with Crippen molar-refractivity contribution in [2.75, 3.05) is 0 Å². The van der Waals surface area contributed by atoms with Crippen molar-refractivity contribution in [2.45, 2.75) is 60.3 Å². The van der Waals surface area contributed by atoms with Crippen molar-refractivity contribution >= 4 is 17.3 Å². The minimum Gasteiger partial charge on any atom is -0.507 e. The number of hydrogen-bond acceptors (Lipinski definition) is 9. The van der Waals surface area contributed by atoms with E-state index in [1.165, 1.54) is 19.1 Å². The zero-order valence-corrected chi connectivity index (χ0v) is 14.8. The molecule has 1 heterocycles. The Bertz CT molecular complexity index is 999. The van der Waals surface area contributed by atoms with Gasteiger partial charge in [-0.25, -0.2) is 0 Å². The summed E-state index contributed by atoms with van der Waals surface area (Å²) in [5.41, 5.74) is -12.4. The molecule has 0 aromatic heterocycles. The number of aromatic hydroxyl groups is 1. The van der Waals surface area contributed by atoms with Crippen LogP contribution in [0, 0.1) is 0 Å². The third-order valence-electron chi connectivity index (χ3n) is 6.80. The van der Waals surface area contributed by atoms with Crippen molar-refractivity contribution in [1.82, 2.24) is 0 Å². The average molecular weight is 390 g/mol. The summed E-state index contributed by atoms with van der Waals surface area (Å²) in [6.45, 7) is 1.39. The third kappa shape index (κ3) is 1.51. The van der Waals surface area contributed by atoms with Gasteiger partial charge in [0, 0.05) is 24.8 Å². The Morgan fingerprint density at radius 3 is 2.46 bits per heavy atom. The zero-order valence-electron chi connectivity index (χ0n) is 14.8. The maximum absolute atomic E-state index is 13.3. The van der Waals surface area contributed by atoms with Crippen LogP contribution in [0.5, 0.6) is 5.75 Å². The molecule has 148 valence electrons. The highest BCUT2D eigenvalue weighted by atomic mass is 16.7. The molecule has 28 heavy (non-hydrogen) atoms. The van der Waals surface area contributed by atoms with Crippen molar-refractivity contribution in [3.05, 3.63) is 29.3 Å². The molecule has 0 radical (unpaired) electrons. The molecule has 3 aliphatic carbocycles. The van der Waals surface area contributed by atoms with E-state index in [1.807, 2.05) is 0 Å². The van der Waals surface area contributed by atoms with Crippen LogP contribution in [0.3, 0.4) is 0 Å². The second-order valence-corrected chi connectivity index (χ2v) is 8.61. The van der Waals surface area contributed by atoms with Gasteiger partial charge >= 0.3 is 0 Å². The van der Waals surface area contributed by atoms with E-state index in [0.717, 1.165) is 6.07 Å². The molecule has 0 spiro atoms. The van der Waals surface area contributed by atoms with E-state index in [0.29, 0.717) is 0 Å². The number of hydrogen-bond donors (Lipinski definition) is 5. The molecule has 1 aliphatic heterocycles. The summed E-state index contributed by atoms with van der Waals surface area (Å²) in [7, 11) is 0. The number of carbonyl (C=O) groups excluding carboxylic acids is 3. The van der Waals surface area contributed by atoms with Gasteiger partial charge in [0.15, 0.2) is 17.0 Å². The molecule has 0 amide bonds. The van der Waals surface area contributed by atoms with Crippen LogP contribution in [0.25, 0.3) is 0 Å². The van der Waals surface area contributed by atoms with E-state index in [9.17, 15) is 39.9 Å². The Morgan fingerprint density at radius 1 is 1.11 bits per heavy atom. The highest BCUT2D eigenvalue weighted by molar-refractivity contribution is 6.26. The first-order valence-electron chi connectivity index (χ1n) is 8.88. The molecule has 1 aromatic rings. The van der Waals surface area contributed by atoms with Crippen molar-refractivity contribution in [3.8, 4) is 5.75 Å². The van der Waals surface area contributed by atoms with Crippen LogP contribution in [0.1, 0.15) is 46.9 Å². The summed E-state index contributed by atoms with van der Waals surface area (Å²) in [5.74, 6) is -3.89. The normalized spacial score (nSPS) is 49.0. The van der Waals surface area contributed by atoms with E-state index < -0.39 is 75.6 Å². The molecule has 2 saturated carbocycles. The summed E-state index contributed by atoms with van der Waals surface area (Å²) in [5, 5.41) is 53.9. The van der Waals surface area contributed by atoms with Crippen LogP contribution >= 0.6 is 0 Å². The molecule has 0 bridgehead atoms. The molecule has 9 heteroatoms. The molecular weight excluding hydrogens is 372 g/mol. The highest BCUT2D eigenvalue weighted by Crippen LogP contribution is 2.71. The van der Waals surface area contributed by atoms with E-state index in [-0.39, 0.29) is 12.0 Å². The molecule has 3 fully saturated rings. The largest absolute Gasteiger partial charge is 0.507 e. The van der Waals surface area contributed by atoms with Crippen LogP contribution in [-0.4, -0.2) is 77.0 Å². The topological polar surface area (TPSA) is 165 Å². The van der Waals surface area contributed by atoms with Crippen LogP contribution < -0.4 is 0 Å². The van der Waals surface area contributed by atoms with E-state index in [1.54, 1.807) is 0 Å². The molecule has 5 N–H and O–H groups in total. The van der Waals surface area contributed by atoms with Gasteiger partial charge in [-0.05, 0) is 13.0 Å². The number of benzene rings is 1. The number of Topliss-reactive ketones (excluding diaryl/α,β-unsaturated/α-hetero) is 3. The lowest BCUT2D eigenvalue weighted by Crippen LogP contribution is -2.83. The van der Waals surface area contributed by atoms with E-state index >= 15 is 0 Å². The van der Waals surface area contributed by atoms with Crippen molar-refractivity contribution in [1.29, 1.82) is 0 Å². The SMILES string of the molecule is C[C@@]1(O)CC(=O)[C@]23O[C@]2(C[C@H](O)[C@]2(O)C(=O)c4c(O)cccc4C(=O)[C@]32O)C1. The van der Waals surface area contributed by atoms with Gasteiger partial charge in [0.05, 0.1) is 17.3 Å². The molecule has 9 nitrogen and oxygen atoms in total. The number of carbonyl (C=O) groups is 3. The first-order valence-corrected chi connectivity index (χ1v) is 8.88. The predicted octanol–water partition coefficient (Wildman–Crippen LogP) is -1.38. The Labute approximate surface area is 158 Å². The Balaban J connectivity index is 1.82. The predicted molar refractivity (Wildman–Crippen MR) is 88.7 cm³/mol. The van der Waals surface area contributed by atoms with Gasteiger partial charge in [-0.2, -0.15) is 0 Å². The Morgan fingerprint density at radius 2 is 1.79 bits per heavy atom. The van der Waals surface area contributed by atoms with Crippen LogP contribution in [0.2, 0.25) is 0 Å². The average Bonchev–Trinajstić information content (AvgIpc) is 3.26. The van der Waals surface area contributed by atoms with Crippen molar-refractivity contribution in [2.24, 2.45) is 0 Å². The fourth-order valence-electron chi connectivity index (χ4n) is 5.72. The maximum atomic E-state index is 13.3. The lowest BCUT2D eigenvalue weighted by molar-refractivity contribution is -0.201. The van der Waals surface area contributed by atoms with Crippen molar-refractivity contribution < 1.29 is 44.7 Å².